The summed E-state index contributed by atoms with van der Waals surface area (Å²) in [5.74, 6) is 1.19. The molecule has 0 saturated carbocycles. The Labute approximate surface area is 231 Å². The number of nitrogens with zero attached hydrogens (tertiary/aromatic N) is 5. The number of rotatable bonds is 5. The molecule has 40 heavy (non-hydrogen) atoms. The number of aromatic nitrogens is 5. The molecule has 200 valence electrons. The Kier molecular flexibility index (Phi) is 5.74. The predicted molar refractivity (Wildman–Crippen MR) is 156 cm³/mol. The van der Waals surface area contributed by atoms with E-state index in [2.05, 4.69) is 38.6 Å². The quantitative estimate of drug-likeness (QED) is 0.303. The Morgan fingerprint density at radius 3 is 2.73 bits per heavy atom. The highest BCUT2D eigenvalue weighted by atomic mass is 16.5. The van der Waals surface area contributed by atoms with Crippen molar-refractivity contribution in [2.45, 2.75) is 26.8 Å². The maximum Gasteiger partial charge on any atom is 0.259 e. The number of fused-ring (bicyclic) bond motifs is 2. The van der Waals surface area contributed by atoms with Gasteiger partial charge in [0.25, 0.3) is 5.91 Å². The number of ether oxygens (including phenoxy) is 1. The molecular weight excluding hydrogens is 502 g/mol. The molecule has 2 aliphatic rings. The molecule has 5 aromatic rings. The molecule has 3 aromatic heterocycles. The Morgan fingerprint density at radius 1 is 1.07 bits per heavy atom. The van der Waals surface area contributed by atoms with Crippen LogP contribution in [0.25, 0.3) is 27.7 Å². The fourth-order valence-corrected chi connectivity index (χ4v) is 5.67. The van der Waals surface area contributed by atoms with Gasteiger partial charge in [-0.1, -0.05) is 30.3 Å². The molecule has 0 bridgehead atoms. The number of hydrogen-bond acceptors (Lipinski definition) is 6. The van der Waals surface area contributed by atoms with E-state index in [1.54, 1.807) is 4.68 Å². The smallest absolute Gasteiger partial charge is 0.259 e. The van der Waals surface area contributed by atoms with Crippen molar-refractivity contribution in [3.05, 3.63) is 88.9 Å². The second kappa shape index (κ2) is 9.46. The highest BCUT2D eigenvalue weighted by molar-refractivity contribution is 6.15. The Morgan fingerprint density at radius 2 is 1.93 bits per heavy atom. The monoisotopic (exact) mass is 531 g/mol. The highest BCUT2D eigenvalue weighted by Gasteiger charge is 2.32. The number of amides is 1. The number of carbonyl (C=O) groups excluding carboxylic acids is 1. The van der Waals surface area contributed by atoms with Crippen LogP contribution in [0.4, 0.5) is 17.5 Å². The average Bonchev–Trinajstić information content (AvgIpc) is 3.65. The zero-order valence-corrected chi connectivity index (χ0v) is 22.7. The second-order valence-electron chi connectivity index (χ2n) is 10.3. The van der Waals surface area contributed by atoms with Crippen LogP contribution in [-0.4, -0.2) is 43.9 Å². The van der Waals surface area contributed by atoms with E-state index in [-0.39, 0.29) is 5.91 Å². The Balaban J connectivity index is 1.25. The van der Waals surface area contributed by atoms with Crippen LogP contribution in [-0.2, 0) is 18.3 Å². The topological polar surface area (TPSA) is 101 Å². The zero-order valence-electron chi connectivity index (χ0n) is 22.7. The van der Waals surface area contributed by atoms with E-state index in [9.17, 15) is 4.79 Å². The summed E-state index contributed by atoms with van der Waals surface area (Å²) in [4.78, 5) is 28.3. The first-order valence-electron chi connectivity index (χ1n) is 13.4. The summed E-state index contributed by atoms with van der Waals surface area (Å²) in [6, 6.07) is 14.1. The summed E-state index contributed by atoms with van der Waals surface area (Å²) in [5.41, 5.74) is 9.76. The second-order valence-corrected chi connectivity index (χ2v) is 10.3. The lowest BCUT2D eigenvalue weighted by atomic mass is 9.94. The van der Waals surface area contributed by atoms with E-state index in [1.807, 2.05) is 68.5 Å². The highest BCUT2D eigenvalue weighted by Crippen LogP contribution is 2.39. The average molecular weight is 532 g/mol. The zero-order chi connectivity index (χ0) is 27.4. The fourth-order valence-electron chi connectivity index (χ4n) is 5.67. The molecule has 5 heterocycles. The minimum Gasteiger partial charge on any atom is -0.377 e. The summed E-state index contributed by atoms with van der Waals surface area (Å²) in [6.45, 7) is 5.84. The largest absolute Gasteiger partial charge is 0.377 e. The first kappa shape index (κ1) is 24.3. The van der Waals surface area contributed by atoms with Crippen molar-refractivity contribution in [1.82, 2.24) is 24.7 Å². The molecular formula is C31H29N7O2. The minimum atomic E-state index is 0.0171. The van der Waals surface area contributed by atoms with Gasteiger partial charge in [-0.25, -0.2) is 9.97 Å². The normalized spacial score (nSPS) is 15.0. The van der Waals surface area contributed by atoms with E-state index in [4.69, 9.17) is 9.72 Å². The molecule has 1 amide bonds. The van der Waals surface area contributed by atoms with Crippen LogP contribution in [0.3, 0.4) is 0 Å². The molecule has 7 rings (SSSR count). The summed E-state index contributed by atoms with van der Waals surface area (Å²) in [5, 5.41) is 8.67. The lowest BCUT2D eigenvalue weighted by molar-refractivity contribution is 0.0997. The van der Waals surface area contributed by atoms with Crippen LogP contribution < -0.4 is 10.2 Å². The molecule has 0 saturated heterocycles. The summed E-state index contributed by atoms with van der Waals surface area (Å²) < 4.78 is 7.32. The van der Waals surface area contributed by atoms with Gasteiger partial charge in [0.05, 0.1) is 36.7 Å². The molecule has 0 aliphatic carbocycles. The molecule has 0 unspecified atom stereocenters. The first-order valence-corrected chi connectivity index (χ1v) is 13.4. The number of benzene rings is 2. The maximum absolute atomic E-state index is 13.7. The number of aryl methyl sites for hydroxylation is 3. The third kappa shape index (κ3) is 3.97. The van der Waals surface area contributed by atoms with Gasteiger partial charge in [0.1, 0.15) is 0 Å². The summed E-state index contributed by atoms with van der Waals surface area (Å²) >= 11 is 0. The van der Waals surface area contributed by atoms with Crippen LogP contribution in [0.2, 0.25) is 0 Å². The van der Waals surface area contributed by atoms with Crippen LogP contribution in [0, 0.1) is 13.8 Å². The van der Waals surface area contributed by atoms with Crippen LogP contribution in [0.5, 0.6) is 0 Å². The number of aromatic amines is 1. The molecule has 2 N–H and O–H groups in total. The van der Waals surface area contributed by atoms with Gasteiger partial charge < -0.3 is 19.9 Å². The number of nitrogens with one attached hydrogen (secondary N) is 2. The molecule has 9 heteroatoms. The van der Waals surface area contributed by atoms with Crippen LogP contribution in [0.1, 0.15) is 39.2 Å². The van der Waals surface area contributed by atoms with Gasteiger partial charge >= 0.3 is 0 Å². The van der Waals surface area contributed by atoms with Crippen LogP contribution in [0.15, 0.2) is 60.9 Å². The van der Waals surface area contributed by atoms with E-state index >= 15 is 0 Å². The predicted octanol–water partition coefficient (Wildman–Crippen LogP) is 5.68. The van der Waals surface area contributed by atoms with E-state index in [0.29, 0.717) is 31.5 Å². The van der Waals surface area contributed by atoms with Crippen molar-refractivity contribution in [3.8, 4) is 11.3 Å². The fraction of sp³-hybridized carbons (Fsp3) is 0.226. The number of hydrogen-bond donors (Lipinski definition) is 2. The number of carbonyl (C=O) groups is 1. The van der Waals surface area contributed by atoms with Crippen molar-refractivity contribution >= 4 is 39.8 Å². The van der Waals surface area contributed by atoms with E-state index < -0.39 is 0 Å². The lowest BCUT2D eigenvalue weighted by Gasteiger charge is -2.18. The van der Waals surface area contributed by atoms with Crippen molar-refractivity contribution < 1.29 is 9.53 Å². The number of H-pyrrole nitrogens is 1. The molecule has 9 nitrogen and oxygen atoms in total. The lowest BCUT2D eigenvalue weighted by Crippen LogP contribution is -2.23. The van der Waals surface area contributed by atoms with E-state index in [0.717, 1.165) is 62.2 Å². The van der Waals surface area contributed by atoms with Gasteiger partial charge in [0.2, 0.25) is 5.95 Å². The molecule has 2 aliphatic heterocycles. The molecule has 0 atom stereocenters. The minimum absolute atomic E-state index is 0.0171. The third-order valence-electron chi connectivity index (χ3n) is 7.84. The van der Waals surface area contributed by atoms with Crippen LogP contribution >= 0.6 is 0 Å². The van der Waals surface area contributed by atoms with Crippen molar-refractivity contribution in [2.75, 3.05) is 23.4 Å². The maximum atomic E-state index is 13.7. The van der Waals surface area contributed by atoms with Gasteiger partial charge in [0.15, 0.2) is 5.82 Å². The Bertz CT molecular complexity index is 1810. The third-order valence-corrected chi connectivity index (χ3v) is 7.84. The molecule has 0 fully saturated rings. The van der Waals surface area contributed by atoms with E-state index in [1.165, 1.54) is 5.57 Å². The van der Waals surface area contributed by atoms with Gasteiger partial charge in [-0.15, -0.1) is 0 Å². The standard InChI is InChI=1S/C31H29N7O2/c1-18-15-33-31(34-27-14-19(2)37(3)36-27)35-28(18)24-16-32-29-22(24)7-5-9-26(29)38-17-25-21(20-10-12-40-13-11-20)6-4-8-23(25)30(38)39/h4-10,14-16,32H,11-13,17H2,1-3H3,(H,33,34,35,36). The van der Waals surface area contributed by atoms with Gasteiger partial charge in [-0.2, -0.15) is 5.10 Å². The first-order chi connectivity index (χ1) is 19.5. The number of para-hydroxylation sites is 1. The van der Waals surface area contributed by atoms with Gasteiger partial charge in [-0.05, 0) is 54.7 Å². The summed E-state index contributed by atoms with van der Waals surface area (Å²) in [6.07, 6.45) is 6.77. The molecule has 0 radical (unpaired) electrons. The molecule has 0 spiro atoms. The number of anilines is 3. The molecule has 2 aromatic carbocycles. The van der Waals surface area contributed by atoms with Crippen molar-refractivity contribution in [3.63, 3.8) is 0 Å². The van der Waals surface area contributed by atoms with Gasteiger partial charge in [-0.3, -0.25) is 9.48 Å². The Hall–Kier alpha value is -4.76. The summed E-state index contributed by atoms with van der Waals surface area (Å²) in [7, 11) is 1.90. The van der Waals surface area contributed by atoms with Crippen molar-refractivity contribution in [1.29, 1.82) is 0 Å². The SMILES string of the molecule is Cc1cnc(Nc2cc(C)n(C)n2)nc1-c1c[nH]c2c(N3Cc4c(cccc4C4=CCOCC4)C3=O)cccc12. The van der Waals surface area contributed by atoms with Crippen molar-refractivity contribution in [2.24, 2.45) is 7.05 Å². The van der Waals surface area contributed by atoms with Gasteiger partial charge in [0, 0.05) is 47.7 Å².